The van der Waals surface area contributed by atoms with Crippen LogP contribution in [0.5, 0.6) is 5.75 Å². The number of anilines is 2. The molecule has 2 N–H and O–H groups in total. The molecule has 0 aromatic heterocycles. The number of hydrazone groups is 1. The van der Waals surface area contributed by atoms with Crippen molar-refractivity contribution in [2.45, 2.75) is 64.6 Å². The van der Waals surface area contributed by atoms with Crippen LogP contribution in [0, 0.1) is 19.8 Å². The lowest BCUT2D eigenvalue weighted by atomic mass is 9.77. The highest BCUT2D eigenvalue weighted by Gasteiger charge is 2.44. The van der Waals surface area contributed by atoms with Gasteiger partial charge in [0.05, 0.1) is 23.0 Å². The molecule has 37 heavy (non-hydrogen) atoms. The third-order valence-corrected chi connectivity index (χ3v) is 7.31. The molecule has 0 saturated heterocycles. The van der Waals surface area contributed by atoms with E-state index in [2.05, 4.69) is 5.10 Å². The minimum absolute atomic E-state index is 0.137. The van der Waals surface area contributed by atoms with Crippen LogP contribution in [0.25, 0.3) is 0 Å². The summed E-state index contributed by atoms with van der Waals surface area (Å²) in [5, 5.41) is 26.0. The maximum absolute atomic E-state index is 13.8. The van der Waals surface area contributed by atoms with Gasteiger partial charge in [0.15, 0.2) is 6.04 Å². The number of nitrogens with zero attached hydrogens (tertiary/aromatic N) is 3. The van der Waals surface area contributed by atoms with E-state index in [1.165, 1.54) is 19.1 Å². The van der Waals surface area contributed by atoms with Crippen LogP contribution in [0.2, 0.25) is 0 Å². The Bertz CT molecular complexity index is 1240. The van der Waals surface area contributed by atoms with Crippen molar-refractivity contribution in [3.8, 4) is 5.75 Å². The molecule has 1 fully saturated rings. The number of phenols is 1. The van der Waals surface area contributed by atoms with Gasteiger partial charge in [0.25, 0.3) is 5.91 Å². The number of aryl methyl sites for hydroxylation is 2. The molecule has 3 unspecified atom stereocenters. The van der Waals surface area contributed by atoms with Gasteiger partial charge in [-0.25, -0.2) is 0 Å². The monoisotopic (exact) mass is 517 g/mol. The van der Waals surface area contributed by atoms with E-state index >= 15 is 0 Å². The van der Waals surface area contributed by atoms with Crippen LogP contribution in [-0.4, -0.2) is 46.6 Å². The van der Waals surface area contributed by atoms with Crippen LogP contribution in [0.3, 0.4) is 0 Å². The third kappa shape index (κ3) is 5.42. The van der Waals surface area contributed by atoms with Gasteiger partial charge < -0.3 is 15.1 Å². The number of phenolic OH excluding ortho intramolecular Hbond substituents is 1. The molecule has 0 radical (unpaired) electrons. The van der Waals surface area contributed by atoms with Gasteiger partial charge >= 0.3 is 12.1 Å². The number of rotatable bonds is 6. The number of halogens is 3. The van der Waals surface area contributed by atoms with Crippen molar-refractivity contribution >= 4 is 29.0 Å². The average Bonchev–Trinajstić information content (AvgIpc) is 3.12. The highest BCUT2D eigenvalue weighted by molar-refractivity contribution is 6.20. The Morgan fingerprint density at radius 3 is 2.51 bits per heavy atom. The van der Waals surface area contributed by atoms with E-state index in [4.69, 9.17) is 0 Å². The number of hydrogen-bond donors (Lipinski definition) is 2. The lowest BCUT2D eigenvalue weighted by Crippen LogP contribution is -2.50. The van der Waals surface area contributed by atoms with Crippen molar-refractivity contribution in [3.05, 3.63) is 53.1 Å². The van der Waals surface area contributed by atoms with Crippen LogP contribution in [0.15, 0.2) is 41.5 Å². The molecule has 2 aliphatic rings. The van der Waals surface area contributed by atoms with E-state index in [0.717, 1.165) is 21.0 Å². The normalized spacial score (nSPS) is 22.2. The Morgan fingerprint density at radius 1 is 1.14 bits per heavy atom. The van der Waals surface area contributed by atoms with Crippen LogP contribution in [-0.2, 0) is 9.59 Å². The van der Waals surface area contributed by atoms with Crippen LogP contribution in [0.1, 0.15) is 55.2 Å². The van der Waals surface area contributed by atoms with Gasteiger partial charge in [-0.1, -0.05) is 24.6 Å². The Hall–Kier alpha value is -3.56. The zero-order valence-electron chi connectivity index (χ0n) is 20.9. The Morgan fingerprint density at radius 2 is 1.86 bits per heavy atom. The lowest BCUT2D eigenvalue weighted by molar-refractivity contribution is -0.143. The summed E-state index contributed by atoms with van der Waals surface area (Å²) in [4.78, 5) is 25.9. The molecule has 1 aliphatic heterocycles. The zero-order chi connectivity index (χ0) is 27.1. The Balaban J connectivity index is 1.72. The predicted molar refractivity (Wildman–Crippen MR) is 134 cm³/mol. The molecule has 10 heteroatoms. The van der Waals surface area contributed by atoms with Crippen molar-refractivity contribution in [1.82, 2.24) is 0 Å². The topological polar surface area (TPSA) is 93.4 Å². The second kappa shape index (κ2) is 10.1. The molecule has 0 bridgehead atoms. The summed E-state index contributed by atoms with van der Waals surface area (Å²) in [6, 6.07) is 8.37. The summed E-state index contributed by atoms with van der Waals surface area (Å²) in [6.45, 7) is 3.80. The minimum atomic E-state index is -4.67. The first-order chi connectivity index (χ1) is 17.4. The van der Waals surface area contributed by atoms with Crippen molar-refractivity contribution < 1.29 is 33.0 Å². The number of carbonyl (C=O) groups excluding carboxylic acids is 1. The summed E-state index contributed by atoms with van der Waals surface area (Å²) >= 11 is 0. The Kier molecular flexibility index (Phi) is 7.21. The van der Waals surface area contributed by atoms with E-state index in [-0.39, 0.29) is 29.5 Å². The number of amides is 1. The molecule has 198 valence electrons. The lowest BCUT2D eigenvalue weighted by Gasteiger charge is -2.33. The fraction of sp³-hybridized carbons (Fsp3) is 0.444. The minimum Gasteiger partial charge on any atom is -0.505 e. The highest BCUT2D eigenvalue weighted by Crippen LogP contribution is 2.44. The third-order valence-electron chi connectivity index (χ3n) is 7.31. The van der Waals surface area contributed by atoms with Crippen molar-refractivity contribution in [2.24, 2.45) is 11.0 Å². The first kappa shape index (κ1) is 26.5. The molecule has 2 aromatic rings. The molecule has 1 heterocycles. The number of benzene rings is 2. The average molecular weight is 518 g/mol. The summed E-state index contributed by atoms with van der Waals surface area (Å²) in [6.07, 6.45) is -2.61. The van der Waals surface area contributed by atoms with Gasteiger partial charge in [0, 0.05) is 0 Å². The van der Waals surface area contributed by atoms with Gasteiger partial charge in [-0.05, 0) is 80.8 Å². The van der Waals surface area contributed by atoms with Gasteiger partial charge in [0.2, 0.25) is 0 Å². The van der Waals surface area contributed by atoms with Crippen molar-refractivity contribution in [1.29, 1.82) is 0 Å². The van der Waals surface area contributed by atoms with E-state index in [1.54, 1.807) is 18.2 Å². The number of hydrogen-bond acceptors (Lipinski definition) is 5. The molecule has 1 amide bonds. The van der Waals surface area contributed by atoms with Crippen molar-refractivity contribution in [2.75, 3.05) is 16.5 Å². The molecule has 7 nitrogen and oxygen atoms in total. The summed E-state index contributed by atoms with van der Waals surface area (Å²) < 4.78 is 41.4. The number of carboxylic acid groups (broad SMARTS) is 1. The predicted octanol–water partition coefficient (Wildman–Crippen LogP) is 5.53. The van der Waals surface area contributed by atoms with E-state index in [9.17, 15) is 33.0 Å². The van der Waals surface area contributed by atoms with E-state index in [1.807, 2.05) is 19.9 Å². The number of alkyl halides is 3. The quantitative estimate of drug-likeness (QED) is 0.526. The maximum atomic E-state index is 13.8. The first-order valence-corrected chi connectivity index (χ1v) is 12.2. The summed E-state index contributed by atoms with van der Waals surface area (Å²) in [5.74, 6) is -2.84. The van der Waals surface area contributed by atoms with Crippen LogP contribution in [0.4, 0.5) is 24.5 Å². The zero-order valence-corrected chi connectivity index (χ0v) is 20.9. The molecular formula is C27H30F3N3O4. The molecular weight excluding hydrogens is 487 g/mol. The van der Waals surface area contributed by atoms with E-state index < -0.39 is 36.6 Å². The largest absolute Gasteiger partial charge is 0.505 e. The van der Waals surface area contributed by atoms with Gasteiger partial charge in [-0.15, -0.1) is 0 Å². The summed E-state index contributed by atoms with van der Waals surface area (Å²) in [5.41, 5.74) is 2.78. The highest BCUT2D eigenvalue weighted by atomic mass is 19.4. The molecule has 2 aromatic carbocycles. The van der Waals surface area contributed by atoms with Gasteiger partial charge in [-0.3, -0.25) is 9.59 Å². The molecule has 1 saturated carbocycles. The maximum Gasteiger partial charge on any atom is 0.405 e. The number of aliphatic carboxylic acids is 1. The van der Waals surface area contributed by atoms with Crippen molar-refractivity contribution in [3.63, 3.8) is 0 Å². The Labute approximate surface area is 213 Å². The standard InChI is InChI=1S/C27H30F3N3O4/c1-15-10-11-20(12-16(15)2)33-25(35)23(17(3)31-33)32(14-27(28,29)30)22-9-5-8-21(24(22)34)18-6-4-7-19(13-18)26(36)37/h5,8-12,18-19,23,34H,4,6-7,13-14H2,1-3H3,(H,36,37). The fourth-order valence-electron chi connectivity index (χ4n) is 5.27. The SMILES string of the molecule is CC1=NN(c2ccc(C)c(C)c2)C(=O)C1N(CC(F)(F)F)c1cccc(C2CCCC(C(=O)O)C2)c1O. The second-order valence-electron chi connectivity index (χ2n) is 9.92. The molecule has 4 rings (SSSR count). The fourth-order valence-corrected chi connectivity index (χ4v) is 5.27. The number of carbonyl (C=O) groups is 2. The van der Waals surface area contributed by atoms with Gasteiger partial charge in [0.1, 0.15) is 12.3 Å². The molecule has 1 aliphatic carbocycles. The molecule has 3 atom stereocenters. The molecule has 0 spiro atoms. The van der Waals surface area contributed by atoms with Crippen LogP contribution >= 0.6 is 0 Å². The number of para-hydroxylation sites is 1. The van der Waals surface area contributed by atoms with Gasteiger partial charge in [-0.2, -0.15) is 23.3 Å². The smallest absolute Gasteiger partial charge is 0.405 e. The summed E-state index contributed by atoms with van der Waals surface area (Å²) in [7, 11) is 0. The number of aromatic hydroxyl groups is 1. The van der Waals surface area contributed by atoms with E-state index in [0.29, 0.717) is 30.5 Å². The van der Waals surface area contributed by atoms with Crippen LogP contribution < -0.4 is 9.91 Å². The first-order valence-electron chi connectivity index (χ1n) is 12.2. The second-order valence-corrected chi connectivity index (χ2v) is 9.92. The number of carboxylic acids is 1.